The van der Waals surface area contributed by atoms with E-state index in [4.69, 9.17) is 20.0 Å². The quantitative estimate of drug-likeness (QED) is 0.375. The van der Waals surface area contributed by atoms with Crippen LogP contribution >= 0.6 is 0 Å². The Morgan fingerprint density at radius 1 is 1.56 bits per heavy atom. The van der Waals surface area contributed by atoms with Gasteiger partial charge < -0.3 is 14.4 Å². The molecular formula is C11H13N3O2. The smallest absolute Gasteiger partial charge is 0.181 e. The minimum absolute atomic E-state index is 0.0129. The van der Waals surface area contributed by atoms with Crippen LogP contribution in [0.1, 0.15) is 0 Å². The van der Waals surface area contributed by atoms with E-state index in [-0.39, 0.29) is 11.9 Å². The first-order valence-electron chi connectivity index (χ1n) is 4.88. The number of epoxide rings is 1. The molecule has 1 aliphatic rings. The highest BCUT2D eigenvalue weighted by Crippen LogP contribution is 2.09. The van der Waals surface area contributed by atoms with Crippen molar-refractivity contribution in [2.24, 2.45) is 0 Å². The summed E-state index contributed by atoms with van der Waals surface area (Å²) in [4.78, 5) is 1.91. The monoisotopic (exact) mass is 219 g/mol. The molecule has 5 heteroatoms. The van der Waals surface area contributed by atoms with Gasteiger partial charge in [-0.05, 0) is 18.4 Å². The van der Waals surface area contributed by atoms with Gasteiger partial charge in [-0.3, -0.25) is 0 Å². The van der Waals surface area contributed by atoms with Crippen molar-refractivity contribution in [3.63, 3.8) is 0 Å². The Bertz CT molecular complexity index is 342. The van der Waals surface area contributed by atoms with Gasteiger partial charge in [0, 0.05) is 13.6 Å². The summed E-state index contributed by atoms with van der Waals surface area (Å²) in [6, 6.07) is 3.56. The fourth-order valence-electron chi connectivity index (χ4n) is 0.924. The molecule has 0 amide bonds. The van der Waals surface area contributed by atoms with E-state index in [1.54, 1.807) is 24.4 Å². The molecule has 0 bridgehead atoms. The normalized spacial score (nSPS) is 17.6. The highest BCUT2D eigenvalue weighted by molar-refractivity contribution is 5.37. The van der Waals surface area contributed by atoms with Gasteiger partial charge in [-0.1, -0.05) is 0 Å². The van der Waals surface area contributed by atoms with E-state index < -0.39 is 0 Å². The van der Waals surface area contributed by atoms with Gasteiger partial charge >= 0.3 is 0 Å². The minimum atomic E-state index is -0.0129. The van der Waals surface area contributed by atoms with E-state index in [1.165, 1.54) is 6.08 Å². The average Bonchev–Trinajstić information content (AvgIpc) is 3.08. The summed E-state index contributed by atoms with van der Waals surface area (Å²) in [7, 11) is 1.89. The SMILES string of the molecule is CN(/C=C/C=C(C#N)C#N)CCOC1CO1. The Kier molecular flexibility index (Phi) is 5.07. The standard InChI is InChI=1S/C11H13N3O2/c1-14(5-6-15-11-9-16-11)4-2-3-10(7-12)8-13/h2-4,11H,5-6,9H2,1H3/b4-2+. The van der Waals surface area contributed by atoms with Crippen molar-refractivity contribution in [2.45, 2.75) is 6.29 Å². The molecule has 16 heavy (non-hydrogen) atoms. The Labute approximate surface area is 94.8 Å². The highest BCUT2D eigenvalue weighted by Gasteiger charge is 2.22. The summed E-state index contributed by atoms with van der Waals surface area (Å²) in [5.74, 6) is 0. The number of rotatable bonds is 6. The summed E-state index contributed by atoms with van der Waals surface area (Å²) < 4.78 is 10.2. The second-order valence-corrected chi connectivity index (χ2v) is 3.26. The lowest BCUT2D eigenvalue weighted by molar-refractivity contribution is 0.0440. The number of ether oxygens (including phenoxy) is 2. The minimum Gasteiger partial charge on any atom is -0.378 e. The summed E-state index contributed by atoms with van der Waals surface area (Å²) >= 11 is 0. The first kappa shape index (κ1) is 12.3. The van der Waals surface area contributed by atoms with Crippen molar-refractivity contribution in [3.05, 3.63) is 23.9 Å². The van der Waals surface area contributed by atoms with Gasteiger partial charge in [0.25, 0.3) is 0 Å². The zero-order valence-corrected chi connectivity index (χ0v) is 9.09. The third-order valence-electron chi connectivity index (χ3n) is 1.89. The van der Waals surface area contributed by atoms with Crippen LogP contribution in [0.2, 0.25) is 0 Å². The van der Waals surface area contributed by atoms with Gasteiger partial charge in [0.2, 0.25) is 0 Å². The Hall–Kier alpha value is -1.82. The summed E-state index contributed by atoms with van der Waals surface area (Å²) in [6.45, 7) is 2.02. The molecule has 1 unspecified atom stereocenters. The summed E-state index contributed by atoms with van der Waals surface area (Å²) in [5, 5.41) is 17.0. The molecule has 0 radical (unpaired) electrons. The van der Waals surface area contributed by atoms with Gasteiger partial charge in [0.05, 0.1) is 6.61 Å². The van der Waals surface area contributed by atoms with Gasteiger partial charge in [-0.25, -0.2) is 0 Å². The lowest BCUT2D eigenvalue weighted by Gasteiger charge is -2.12. The van der Waals surface area contributed by atoms with Crippen LogP contribution in [-0.4, -0.2) is 38.0 Å². The molecule has 0 aromatic heterocycles. The van der Waals surface area contributed by atoms with E-state index in [0.29, 0.717) is 13.2 Å². The molecule has 1 atom stereocenters. The van der Waals surface area contributed by atoms with Gasteiger partial charge in [0.15, 0.2) is 6.29 Å². The summed E-state index contributed by atoms with van der Waals surface area (Å²) in [6.07, 6.45) is 4.91. The van der Waals surface area contributed by atoms with Crippen molar-refractivity contribution in [3.8, 4) is 12.1 Å². The number of allylic oxidation sites excluding steroid dienone is 3. The molecule has 0 aromatic carbocycles. The number of likely N-dealkylation sites (N-methyl/N-ethyl adjacent to an activating group) is 1. The Balaban J connectivity index is 2.19. The van der Waals surface area contributed by atoms with Crippen molar-refractivity contribution in [2.75, 3.05) is 26.8 Å². The van der Waals surface area contributed by atoms with Crippen LogP contribution < -0.4 is 0 Å². The number of hydrogen-bond donors (Lipinski definition) is 0. The van der Waals surface area contributed by atoms with Crippen LogP contribution in [-0.2, 0) is 9.47 Å². The zero-order valence-electron chi connectivity index (χ0n) is 9.09. The van der Waals surface area contributed by atoms with Crippen molar-refractivity contribution >= 4 is 0 Å². The molecule has 1 saturated heterocycles. The highest BCUT2D eigenvalue weighted by atomic mass is 16.8. The molecule has 5 nitrogen and oxygen atoms in total. The average molecular weight is 219 g/mol. The van der Waals surface area contributed by atoms with Crippen LogP contribution in [0.5, 0.6) is 0 Å². The fourth-order valence-corrected chi connectivity index (χ4v) is 0.924. The maximum Gasteiger partial charge on any atom is 0.181 e. The van der Waals surface area contributed by atoms with Crippen LogP contribution in [0.25, 0.3) is 0 Å². The maximum absolute atomic E-state index is 8.48. The number of hydrogen-bond acceptors (Lipinski definition) is 5. The topological polar surface area (TPSA) is 72.6 Å². The second kappa shape index (κ2) is 6.62. The molecule has 0 spiro atoms. The third kappa shape index (κ3) is 5.16. The van der Waals surface area contributed by atoms with E-state index >= 15 is 0 Å². The molecule has 0 aromatic rings. The van der Waals surface area contributed by atoms with Crippen LogP contribution in [0.4, 0.5) is 0 Å². The Morgan fingerprint density at radius 3 is 2.81 bits per heavy atom. The zero-order chi connectivity index (χ0) is 11.8. The lowest BCUT2D eigenvalue weighted by atomic mass is 10.3. The van der Waals surface area contributed by atoms with Crippen molar-refractivity contribution in [1.82, 2.24) is 4.90 Å². The second-order valence-electron chi connectivity index (χ2n) is 3.26. The van der Waals surface area contributed by atoms with E-state index in [0.717, 1.165) is 6.54 Å². The third-order valence-corrected chi connectivity index (χ3v) is 1.89. The molecule has 0 saturated carbocycles. The van der Waals surface area contributed by atoms with Crippen LogP contribution in [0.15, 0.2) is 23.9 Å². The number of nitriles is 2. The fraction of sp³-hybridized carbons (Fsp3) is 0.455. The molecule has 1 heterocycles. The predicted molar refractivity (Wildman–Crippen MR) is 56.8 cm³/mol. The van der Waals surface area contributed by atoms with Crippen molar-refractivity contribution in [1.29, 1.82) is 10.5 Å². The van der Waals surface area contributed by atoms with Crippen LogP contribution in [0.3, 0.4) is 0 Å². The molecule has 0 N–H and O–H groups in total. The van der Waals surface area contributed by atoms with E-state index in [1.807, 2.05) is 11.9 Å². The summed E-state index contributed by atoms with van der Waals surface area (Å²) in [5.41, 5.74) is 0.0901. The lowest BCUT2D eigenvalue weighted by Crippen LogP contribution is -2.17. The molecule has 1 aliphatic heterocycles. The Morgan fingerprint density at radius 2 is 2.25 bits per heavy atom. The molecule has 0 aliphatic carbocycles. The maximum atomic E-state index is 8.48. The number of nitrogens with zero attached hydrogens (tertiary/aromatic N) is 3. The van der Waals surface area contributed by atoms with Crippen LogP contribution in [0, 0.1) is 22.7 Å². The van der Waals surface area contributed by atoms with Gasteiger partial charge in [-0.2, -0.15) is 10.5 Å². The first-order chi connectivity index (χ1) is 7.76. The van der Waals surface area contributed by atoms with E-state index in [9.17, 15) is 0 Å². The van der Waals surface area contributed by atoms with E-state index in [2.05, 4.69) is 0 Å². The molecule has 1 fully saturated rings. The van der Waals surface area contributed by atoms with Crippen molar-refractivity contribution < 1.29 is 9.47 Å². The van der Waals surface area contributed by atoms with Gasteiger partial charge in [0.1, 0.15) is 24.3 Å². The predicted octanol–water partition coefficient (Wildman–Crippen LogP) is 0.778. The molecule has 84 valence electrons. The van der Waals surface area contributed by atoms with Gasteiger partial charge in [-0.15, -0.1) is 0 Å². The first-order valence-corrected chi connectivity index (χ1v) is 4.88. The largest absolute Gasteiger partial charge is 0.378 e. The molecular weight excluding hydrogens is 206 g/mol. The molecule has 1 rings (SSSR count).